The van der Waals surface area contributed by atoms with E-state index < -0.39 is 5.97 Å². The second-order valence-electron chi connectivity index (χ2n) is 3.99. The Balaban J connectivity index is 2.41. The van der Waals surface area contributed by atoms with Crippen LogP contribution in [0.3, 0.4) is 0 Å². The summed E-state index contributed by atoms with van der Waals surface area (Å²) in [5.74, 6) is 0.00814. The van der Waals surface area contributed by atoms with Crippen molar-refractivity contribution < 1.29 is 14.4 Å². The van der Waals surface area contributed by atoms with Crippen molar-refractivity contribution in [3.8, 4) is 0 Å². The van der Waals surface area contributed by atoms with Gasteiger partial charge in [-0.3, -0.25) is 5.43 Å². The maximum atomic E-state index is 11.3. The molecule has 0 aliphatic carbocycles. The molecule has 0 radical (unpaired) electrons. The number of hydroxylamine groups is 1. The molecule has 0 spiro atoms. The number of hydrogen-bond acceptors (Lipinski definition) is 6. The molecule has 0 aromatic rings. The van der Waals surface area contributed by atoms with Crippen LogP contribution in [0.15, 0.2) is 12.0 Å². The summed E-state index contributed by atoms with van der Waals surface area (Å²) >= 11 is 0. The van der Waals surface area contributed by atoms with Crippen LogP contribution in [0, 0.1) is 5.92 Å². The van der Waals surface area contributed by atoms with Gasteiger partial charge in [-0.25, -0.2) is 4.79 Å². The van der Waals surface area contributed by atoms with Crippen LogP contribution in [0.25, 0.3) is 0 Å². The molecule has 0 bridgehead atoms. The van der Waals surface area contributed by atoms with E-state index in [0.717, 1.165) is 6.42 Å². The first-order valence-corrected chi connectivity index (χ1v) is 5.40. The molecule has 1 rings (SSSR count). The van der Waals surface area contributed by atoms with Crippen LogP contribution in [-0.4, -0.2) is 23.9 Å². The number of esters is 1. The Morgan fingerprint density at radius 1 is 1.69 bits per heavy atom. The third kappa shape index (κ3) is 3.39. The molecule has 3 N–H and O–H groups in total. The largest absolute Gasteiger partial charge is 0.461 e. The average molecular weight is 229 g/mol. The molecule has 0 aromatic carbocycles. The maximum Gasteiger partial charge on any atom is 0.359 e. The Morgan fingerprint density at radius 3 is 2.94 bits per heavy atom. The fourth-order valence-electron chi connectivity index (χ4n) is 1.32. The van der Waals surface area contributed by atoms with E-state index in [1.165, 1.54) is 11.4 Å². The number of carbonyl (C=O) groups is 1. The van der Waals surface area contributed by atoms with E-state index in [1.54, 1.807) is 6.92 Å². The molecule has 0 saturated carbocycles. The highest BCUT2D eigenvalue weighted by atomic mass is 16.7. The van der Waals surface area contributed by atoms with E-state index in [2.05, 4.69) is 19.3 Å². The van der Waals surface area contributed by atoms with Gasteiger partial charge in [-0.2, -0.15) is 0 Å². The molecule has 1 heterocycles. The van der Waals surface area contributed by atoms with Gasteiger partial charge < -0.3 is 15.3 Å². The first-order valence-electron chi connectivity index (χ1n) is 5.40. The predicted octanol–water partition coefficient (Wildman–Crippen LogP) is 0.474. The Kier molecular flexibility index (Phi) is 4.57. The zero-order chi connectivity index (χ0) is 12.1. The van der Waals surface area contributed by atoms with Crippen molar-refractivity contribution in [3.05, 3.63) is 12.0 Å². The van der Waals surface area contributed by atoms with E-state index in [4.69, 9.17) is 15.3 Å². The lowest BCUT2D eigenvalue weighted by molar-refractivity contribution is -0.154. The SMILES string of the molecule is CCOC(=O)C1=CON(C(N)CC(C)C)N1. The summed E-state index contributed by atoms with van der Waals surface area (Å²) in [6.45, 7) is 6.21. The summed E-state index contributed by atoms with van der Waals surface area (Å²) in [7, 11) is 0. The van der Waals surface area contributed by atoms with Crippen LogP contribution >= 0.6 is 0 Å². The van der Waals surface area contributed by atoms with E-state index in [-0.39, 0.29) is 11.9 Å². The van der Waals surface area contributed by atoms with Gasteiger partial charge in [0.05, 0.1) is 6.61 Å². The van der Waals surface area contributed by atoms with Gasteiger partial charge in [0.2, 0.25) is 0 Å². The number of carbonyl (C=O) groups excluding carboxylic acids is 1. The van der Waals surface area contributed by atoms with Crippen molar-refractivity contribution in [2.24, 2.45) is 11.7 Å². The average Bonchev–Trinajstić information content (AvgIpc) is 2.65. The number of ether oxygens (including phenoxy) is 1. The first-order chi connectivity index (χ1) is 7.54. The minimum atomic E-state index is -0.443. The summed E-state index contributed by atoms with van der Waals surface area (Å²) in [5.41, 5.74) is 8.89. The van der Waals surface area contributed by atoms with Crippen LogP contribution in [0.1, 0.15) is 27.2 Å². The van der Waals surface area contributed by atoms with Crippen molar-refractivity contribution in [2.75, 3.05) is 6.61 Å². The fraction of sp³-hybridized carbons (Fsp3) is 0.700. The molecule has 0 saturated heterocycles. The molecule has 6 nitrogen and oxygen atoms in total. The molecule has 6 heteroatoms. The number of nitrogens with zero attached hydrogens (tertiary/aromatic N) is 1. The highest BCUT2D eigenvalue weighted by Gasteiger charge is 2.26. The van der Waals surface area contributed by atoms with Gasteiger partial charge in [0.1, 0.15) is 12.4 Å². The maximum absolute atomic E-state index is 11.3. The number of hydrogen-bond donors (Lipinski definition) is 2. The number of nitrogens with two attached hydrogens (primary N) is 1. The third-order valence-electron chi connectivity index (χ3n) is 2.02. The van der Waals surface area contributed by atoms with Crippen LogP contribution in [0.4, 0.5) is 0 Å². The van der Waals surface area contributed by atoms with Gasteiger partial charge in [0, 0.05) is 0 Å². The number of nitrogens with one attached hydrogen (secondary N) is 1. The van der Waals surface area contributed by atoms with E-state index in [9.17, 15) is 4.79 Å². The zero-order valence-corrected chi connectivity index (χ0v) is 9.90. The van der Waals surface area contributed by atoms with Crippen molar-refractivity contribution in [2.45, 2.75) is 33.4 Å². The Bertz CT molecular complexity index is 278. The van der Waals surface area contributed by atoms with Gasteiger partial charge >= 0.3 is 5.97 Å². The van der Waals surface area contributed by atoms with Crippen LogP contribution < -0.4 is 11.2 Å². The Hall–Kier alpha value is -1.27. The van der Waals surface area contributed by atoms with E-state index in [0.29, 0.717) is 12.5 Å². The van der Waals surface area contributed by atoms with Gasteiger partial charge in [-0.15, -0.1) is 0 Å². The van der Waals surface area contributed by atoms with Gasteiger partial charge in [0.15, 0.2) is 5.70 Å². The lowest BCUT2D eigenvalue weighted by Crippen LogP contribution is -2.47. The molecule has 16 heavy (non-hydrogen) atoms. The highest BCUT2D eigenvalue weighted by Crippen LogP contribution is 2.12. The minimum absolute atomic E-state index is 0.265. The fourth-order valence-corrected chi connectivity index (χ4v) is 1.32. The van der Waals surface area contributed by atoms with Crippen molar-refractivity contribution in [3.63, 3.8) is 0 Å². The summed E-state index contributed by atoms with van der Waals surface area (Å²) in [5, 5.41) is 1.35. The number of hydrazine groups is 1. The van der Waals surface area contributed by atoms with Gasteiger partial charge in [0.25, 0.3) is 0 Å². The summed E-state index contributed by atoms with van der Waals surface area (Å²) in [4.78, 5) is 16.5. The molecule has 1 aliphatic rings. The smallest absolute Gasteiger partial charge is 0.359 e. The minimum Gasteiger partial charge on any atom is -0.461 e. The molecule has 1 unspecified atom stereocenters. The molecule has 1 atom stereocenters. The van der Waals surface area contributed by atoms with Gasteiger partial charge in [-0.1, -0.05) is 13.8 Å². The summed E-state index contributed by atoms with van der Waals surface area (Å²) in [6, 6.07) is 0. The Morgan fingerprint density at radius 2 is 2.38 bits per heavy atom. The third-order valence-corrected chi connectivity index (χ3v) is 2.02. The van der Waals surface area contributed by atoms with Crippen LogP contribution in [0.2, 0.25) is 0 Å². The zero-order valence-electron chi connectivity index (χ0n) is 9.90. The predicted molar refractivity (Wildman–Crippen MR) is 58.2 cm³/mol. The topological polar surface area (TPSA) is 76.8 Å². The molecule has 92 valence electrons. The molecule has 1 aliphatic heterocycles. The lowest BCUT2D eigenvalue weighted by Gasteiger charge is -2.23. The molecule has 0 aromatic heterocycles. The lowest BCUT2D eigenvalue weighted by atomic mass is 10.1. The summed E-state index contributed by atoms with van der Waals surface area (Å²) < 4.78 is 4.82. The number of rotatable bonds is 5. The molecular formula is C10H19N3O3. The van der Waals surface area contributed by atoms with E-state index in [1.807, 2.05) is 0 Å². The van der Waals surface area contributed by atoms with E-state index >= 15 is 0 Å². The molecular weight excluding hydrogens is 210 g/mol. The van der Waals surface area contributed by atoms with Gasteiger partial charge in [-0.05, 0) is 24.4 Å². The summed E-state index contributed by atoms with van der Waals surface area (Å²) in [6.07, 6.45) is 1.76. The molecule has 0 fully saturated rings. The first kappa shape index (κ1) is 12.8. The second-order valence-corrected chi connectivity index (χ2v) is 3.99. The second kappa shape index (κ2) is 5.72. The van der Waals surface area contributed by atoms with Crippen LogP contribution in [0.5, 0.6) is 0 Å². The Labute approximate surface area is 95.3 Å². The highest BCUT2D eigenvalue weighted by molar-refractivity contribution is 5.87. The normalized spacial score (nSPS) is 17.7. The van der Waals surface area contributed by atoms with Crippen LogP contribution in [-0.2, 0) is 14.4 Å². The monoisotopic (exact) mass is 229 g/mol. The van der Waals surface area contributed by atoms with Crippen molar-refractivity contribution in [1.82, 2.24) is 10.6 Å². The van der Waals surface area contributed by atoms with Crippen molar-refractivity contribution in [1.29, 1.82) is 0 Å². The molecule has 0 amide bonds. The van der Waals surface area contributed by atoms with Crippen molar-refractivity contribution >= 4 is 5.97 Å². The quantitative estimate of drug-likeness (QED) is 0.667. The standard InChI is InChI=1S/C10H19N3O3/c1-4-15-10(14)8-6-16-13(12-8)9(11)5-7(2)3/h6-7,9,12H,4-5,11H2,1-3H3.